The molecule has 0 saturated heterocycles. The summed E-state index contributed by atoms with van der Waals surface area (Å²) in [6, 6.07) is 28.8. The molecule has 0 aliphatic heterocycles. The van der Waals surface area contributed by atoms with Gasteiger partial charge >= 0.3 is 12.4 Å². The minimum absolute atomic E-state index is 0.0975. The molecule has 4 aromatic carbocycles. The van der Waals surface area contributed by atoms with Crippen molar-refractivity contribution in [3.8, 4) is 28.1 Å². The molecule has 1 aliphatic rings. The van der Waals surface area contributed by atoms with Crippen LogP contribution in [0.25, 0.3) is 22.3 Å². The lowest BCUT2D eigenvalue weighted by molar-refractivity contribution is -0.141. The second-order valence-corrected chi connectivity index (χ2v) is 12.1. The number of anilines is 1. The largest absolute Gasteiger partial charge is 0.478 e. The van der Waals surface area contributed by atoms with E-state index in [0.29, 0.717) is 34.4 Å². The number of pyridine rings is 1. The first kappa shape index (κ1) is 35.2. The van der Waals surface area contributed by atoms with Crippen molar-refractivity contribution in [2.24, 2.45) is 0 Å². The van der Waals surface area contributed by atoms with Crippen molar-refractivity contribution in [2.75, 3.05) is 25.1 Å². The molecular formula is C39H31F6N3O3. The molecule has 0 spiro atoms. The molecule has 12 heteroatoms. The molecule has 1 N–H and O–H groups in total. The third-order valence-corrected chi connectivity index (χ3v) is 8.94. The number of alkyl halides is 6. The SMILES string of the molecule is CN(C(=O)c1ccccc1-c1ccc(C(F)(F)F)cc1)c1ccc(OCCCC2(C(=O)NCC(F)(F)F)c3ccccc3-c3ccccc32)nc1. The fraction of sp³-hybridized carbons (Fsp3) is 0.205. The highest BCUT2D eigenvalue weighted by Gasteiger charge is 2.49. The second-order valence-electron chi connectivity index (χ2n) is 12.1. The third kappa shape index (κ3) is 7.17. The quantitative estimate of drug-likeness (QED) is 0.117. The number of nitrogens with one attached hydrogen (secondary N) is 1. The number of fused-ring (bicyclic) bond motifs is 3. The van der Waals surface area contributed by atoms with E-state index in [-0.39, 0.29) is 24.5 Å². The highest BCUT2D eigenvalue weighted by Crippen LogP contribution is 2.51. The van der Waals surface area contributed by atoms with Gasteiger partial charge in [-0.3, -0.25) is 9.59 Å². The van der Waals surface area contributed by atoms with Gasteiger partial charge < -0.3 is 15.0 Å². The summed E-state index contributed by atoms with van der Waals surface area (Å²) in [5, 5.41) is 2.11. The summed E-state index contributed by atoms with van der Waals surface area (Å²) in [5.41, 5.74) is 2.29. The number of amides is 2. The zero-order valence-corrected chi connectivity index (χ0v) is 27.2. The van der Waals surface area contributed by atoms with Gasteiger partial charge in [-0.1, -0.05) is 78.9 Å². The van der Waals surface area contributed by atoms with E-state index < -0.39 is 41.7 Å². The number of carbonyl (C=O) groups excluding carboxylic acids is 2. The zero-order valence-electron chi connectivity index (χ0n) is 27.2. The maximum atomic E-state index is 13.7. The Morgan fingerprint density at radius 1 is 0.765 bits per heavy atom. The standard InChI is InChI=1S/C39H31F6N3O3/c1-48(35(49)31-12-3-2-9-28(31)25-15-17-26(18-16-25)39(43,44)45)27-19-20-34(46-23-27)51-22-8-21-37(36(50)47-24-38(40,41)42)32-13-6-4-10-29(32)30-11-5-7-14-33(30)37/h2-7,9-20,23H,8,21-22,24H2,1H3,(H,47,50). The van der Waals surface area contributed by atoms with Crippen molar-refractivity contribution in [3.63, 3.8) is 0 Å². The number of carbonyl (C=O) groups is 2. The summed E-state index contributed by atoms with van der Waals surface area (Å²) in [4.78, 5) is 32.9. The minimum Gasteiger partial charge on any atom is -0.478 e. The lowest BCUT2D eigenvalue weighted by Gasteiger charge is -2.31. The second kappa shape index (κ2) is 13.9. The molecule has 0 atom stereocenters. The molecule has 262 valence electrons. The molecule has 0 unspecified atom stereocenters. The number of ether oxygens (including phenoxy) is 1. The van der Waals surface area contributed by atoms with Crippen molar-refractivity contribution in [1.82, 2.24) is 10.3 Å². The Labute approximate surface area is 289 Å². The summed E-state index contributed by atoms with van der Waals surface area (Å²) >= 11 is 0. The van der Waals surface area contributed by atoms with Crippen molar-refractivity contribution < 1.29 is 40.7 Å². The van der Waals surface area contributed by atoms with Gasteiger partial charge in [0.05, 0.1) is 24.1 Å². The van der Waals surface area contributed by atoms with Gasteiger partial charge in [-0.2, -0.15) is 26.3 Å². The van der Waals surface area contributed by atoms with Crippen LogP contribution in [0.1, 0.15) is 39.9 Å². The Hall–Kier alpha value is -5.65. The number of hydrogen-bond acceptors (Lipinski definition) is 4. The van der Waals surface area contributed by atoms with Gasteiger partial charge in [0.15, 0.2) is 0 Å². The first-order chi connectivity index (χ1) is 24.3. The Morgan fingerprint density at radius 3 is 1.92 bits per heavy atom. The normalized spacial score (nSPS) is 13.2. The minimum atomic E-state index is -4.58. The smallest absolute Gasteiger partial charge is 0.416 e. The fourth-order valence-corrected chi connectivity index (χ4v) is 6.51. The summed E-state index contributed by atoms with van der Waals surface area (Å²) in [6.07, 6.45) is -7.17. The molecule has 2 amide bonds. The van der Waals surface area contributed by atoms with Crippen molar-refractivity contribution in [2.45, 2.75) is 30.6 Å². The van der Waals surface area contributed by atoms with Crippen molar-refractivity contribution in [3.05, 3.63) is 138 Å². The van der Waals surface area contributed by atoms with Gasteiger partial charge in [-0.05, 0) is 70.5 Å². The molecule has 0 fully saturated rings. The van der Waals surface area contributed by atoms with Gasteiger partial charge in [-0.25, -0.2) is 4.98 Å². The molecule has 1 heterocycles. The highest BCUT2D eigenvalue weighted by atomic mass is 19.4. The summed E-state index contributed by atoms with van der Waals surface area (Å²) in [6.45, 7) is -1.36. The van der Waals surface area contributed by atoms with Crippen LogP contribution in [0.3, 0.4) is 0 Å². The van der Waals surface area contributed by atoms with Crippen LogP contribution < -0.4 is 15.0 Å². The Bertz CT molecular complexity index is 2000. The van der Waals surface area contributed by atoms with Gasteiger partial charge in [-0.15, -0.1) is 0 Å². The van der Waals surface area contributed by atoms with Gasteiger partial charge in [0.25, 0.3) is 5.91 Å². The summed E-state index contributed by atoms with van der Waals surface area (Å²) in [7, 11) is 1.55. The van der Waals surface area contributed by atoms with Crippen LogP contribution in [0.5, 0.6) is 5.88 Å². The van der Waals surface area contributed by atoms with E-state index in [1.165, 1.54) is 23.2 Å². The molecule has 5 aromatic rings. The monoisotopic (exact) mass is 703 g/mol. The van der Waals surface area contributed by atoms with E-state index in [9.17, 15) is 35.9 Å². The predicted molar refractivity (Wildman–Crippen MR) is 180 cm³/mol. The molecule has 0 radical (unpaired) electrons. The topological polar surface area (TPSA) is 71.5 Å². The van der Waals surface area contributed by atoms with Gasteiger partial charge in [0, 0.05) is 18.7 Å². The lowest BCUT2D eigenvalue weighted by Crippen LogP contribution is -2.47. The van der Waals surface area contributed by atoms with E-state index in [4.69, 9.17) is 4.74 Å². The zero-order chi connectivity index (χ0) is 36.4. The fourth-order valence-electron chi connectivity index (χ4n) is 6.51. The van der Waals surface area contributed by atoms with Gasteiger partial charge in [0.2, 0.25) is 11.8 Å². The molecule has 0 saturated carbocycles. The first-order valence-electron chi connectivity index (χ1n) is 16.0. The number of hydrogen-bond donors (Lipinski definition) is 1. The van der Waals surface area contributed by atoms with E-state index >= 15 is 0 Å². The van der Waals surface area contributed by atoms with Crippen LogP contribution in [0.4, 0.5) is 32.0 Å². The molecular weight excluding hydrogens is 672 g/mol. The van der Waals surface area contributed by atoms with Crippen LogP contribution >= 0.6 is 0 Å². The molecule has 1 aliphatic carbocycles. The van der Waals surface area contributed by atoms with Crippen LogP contribution in [-0.2, 0) is 16.4 Å². The van der Waals surface area contributed by atoms with E-state index in [1.54, 1.807) is 67.7 Å². The van der Waals surface area contributed by atoms with Crippen LogP contribution in [-0.4, -0.2) is 43.2 Å². The molecule has 51 heavy (non-hydrogen) atoms. The van der Waals surface area contributed by atoms with Crippen molar-refractivity contribution in [1.29, 1.82) is 0 Å². The maximum absolute atomic E-state index is 13.7. The van der Waals surface area contributed by atoms with Crippen LogP contribution in [0.15, 0.2) is 115 Å². The maximum Gasteiger partial charge on any atom is 0.416 e. The first-order valence-corrected chi connectivity index (χ1v) is 16.0. The van der Waals surface area contributed by atoms with E-state index in [0.717, 1.165) is 23.3 Å². The van der Waals surface area contributed by atoms with Crippen LogP contribution in [0.2, 0.25) is 0 Å². The number of benzene rings is 4. The number of rotatable bonds is 10. The molecule has 0 bridgehead atoms. The molecule has 6 nitrogen and oxygen atoms in total. The number of aromatic nitrogens is 1. The number of halogens is 6. The molecule has 6 rings (SSSR count). The Morgan fingerprint density at radius 2 is 1.35 bits per heavy atom. The van der Waals surface area contributed by atoms with E-state index in [2.05, 4.69) is 10.3 Å². The predicted octanol–water partition coefficient (Wildman–Crippen LogP) is 8.85. The number of nitrogens with zero attached hydrogens (tertiary/aromatic N) is 2. The third-order valence-electron chi connectivity index (χ3n) is 8.94. The summed E-state index contributed by atoms with van der Waals surface area (Å²) < 4.78 is 84.6. The van der Waals surface area contributed by atoms with Crippen molar-refractivity contribution >= 4 is 17.5 Å². The average Bonchev–Trinajstić information content (AvgIpc) is 3.42. The van der Waals surface area contributed by atoms with E-state index in [1.807, 2.05) is 24.3 Å². The Kier molecular flexibility index (Phi) is 9.61. The molecule has 1 aromatic heterocycles. The van der Waals surface area contributed by atoms with Crippen LogP contribution in [0, 0.1) is 0 Å². The highest BCUT2D eigenvalue weighted by molar-refractivity contribution is 6.10. The van der Waals surface area contributed by atoms with Gasteiger partial charge in [0.1, 0.15) is 12.0 Å². The lowest BCUT2D eigenvalue weighted by atomic mass is 9.73. The summed E-state index contributed by atoms with van der Waals surface area (Å²) in [5.74, 6) is -0.924. The Balaban J connectivity index is 1.14. The average molecular weight is 704 g/mol.